The Labute approximate surface area is 173 Å². The van der Waals surface area contributed by atoms with Gasteiger partial charge in [0.05, 0.1) is 35.1 Å². The highest BCUT2D eigenvalue weighted by atomic mass is 35.5. The molecule has 0 fully saturated rings. The van der Waals surface area contributed by atoms with Gasteiger partial charge in [0.25, 0.3) is 5.91 Å². The van der Waals surface area contributed by atoms with E-state index in [2.05, 4.69) is 10.4 Å². The fourth-order valence-electron chi connectivity index (χ4n) is 3.35. The first kappa shape index (κ1) is 19.0. The van der Waals surface area contributed by atoms with E-state index in [4.69, 9.17) is 21.3 Å². The molecule has 4 aromatic rings. The summed E-state index contributed by atoms with van der Waals surface area (Å²) in [6.07, 6.45) is 0. The van der Waals surface area contributed by atoms with Crippen molar-refractivity contribution in [2.45, 2.75) is 6.92 Å². The standard InChI is InChI=1S/C22H19ClN4O2/c1-13-20-16(22(28)25-18-11-15(23)9-10-19(18)29-3)12-17(14-7-5-4-6-8-14)24-21(20)27(2)26-13/h4-12H,1-3H3,(H,25,28). The van der Waals surface area contributed by atoms with Crippen LogP contribution in [0.2, 0.25) is 5.02 Å². The Kier molecular flexibility index (Phi) is 4.94. The molecular weight excluding hydrogens is 388 g/mol. The fraction of sp³-hybridized carbons (Fsp3) is 0.136. The van der Waals surface area contributed by atoms with E-state index >= 15 is 0 Å². The third-order valence-electron chi connectivity index (χ3n) is 4.69. The number of hydrogen-bond donors (Lipinski definition) is 1. The third kappa shape index (κ3) is 3.54. The Morgan fingerprint density at radius 1 is 1.14 bits per heavy atom. The predicted molar refractivity (Wildman–Crippen MR) is 115 cm³/mol. The number of methoxy groups -OCH3 is 1. The minimum Gasteiger partial charge on any atom is -0.495 e. The molecule has 2 heterocycles. The van der Waals surface area contributed by atoms with Crippen LogP contribution in [0.1, 0.15) is 16.1 Å². The van der Waals surface area contributed by atoms with Gasteiger partial charge < -0.3 is 10.1 Å². The molecule has 1 N–H and O–H groups in total. The number of rotatable bonds is 4. The molecule has 0 unspecified atom stereocenters. The van der Waals surface area contributed by atoms with Crippen LogP contribution in [0.4, 0.5) is 5.69 Å². The second-order valence-corrected chi connectivity index (χ2v) is 7.06. The van der Waals surface area contributed by atoms with E-state index in [-0.39, 0.29) is 5.91 Å². The molecule has 2 aromatic carbocycles. The summed E-state index contributed by atoms with van der Waals surface area (Å²) in [5.74, 6) is 0.241. The molecule has 29 heavy (non-hydrogen) atoms. The summed E-state index contributed by atoms with van der Waals surface area (Å²) in [6, 6.07) is 16.6. The molecule has 0 aliphatic heterocycles. The Morgan fingerprint density at radius 2 is 1.90 bits per heavy atom. The minimum atomic E-state index is -0.286. The smallest absolute Gasteiger partial charge is 0.256 e. The summed E-state index contributed by atoms with van der Waals surface area (Å²) in [6.45, 7) is 1.86. The number of aromatic nitrogens is 3. The quantitative estimate of drug-likeness (QED) is 0.525. The van der Waals surface area contributed by atoms with Crippen molar-refractivity contribution >= 4 is 34.2 Å². The number of fused-ring (bicyclic) bond motifs is 1. The lowest BCUT2D eigenvalue weighted by Crippen LogP contribution is -2.14. The lowest BCUT2D eigenvalue weighted by atomic mass is 10.0. The van der Waals surface area contributed by atoms with Crippen LogP contribution in [-0.4, -0.2) is 27.8 Å². The van der Waals surface area contributed by atoms with Gasteiger partial charge in [-0.3, -0.25) is 9.48 Å². The first-order chi connectivity index (χ1) is 14.0. The number of pyridine rings is 1. The van der Waals surface area contributed by atoms with Crippen molar-refractivity contribution in [2.75, 3.05) is 12.4 Å². The summed E-state index contributed by atoms with van der Waals surface area (Å²) < 4.78 is 7.03. The average Bonchev–Trinajstić information content (AvgIpc) is 3.02. The van der Waals surface area contributed by atoms with E-state index < -0.39 is 0 Å². The number of nitrogens with zero attached hydrogens (tertiary/aromatic N) is 3. The van der Waals surface area contributed by atoms with Crippen LogP contribution in [0.5, 0.6) is 5.75 Å². The number of carbonyl (C=O) groups excluding carboxylic acids is 1. The number of nitrogens with one attached hydrogen (secondary N) is 1. The summed E-state index contributed by atoms with van der Waals surface area (Å²) in [5, 5.41) is 8.58. The van der Waals surface area contributed by atoms with Crippen molar-refractivity contribution in [3.63, 3.8) is 0 Å². The van der Waals surface area contributed by atoms with Crippen LogP contribution < -0.4 is 10.1 Å². The number of ether oxygens (including phenoxy) is 1. The van der Waals surface area contributed by atoms with E-state index in [0.717, 1.165) is 11.3 Å². The normalized spacial score (nSPS) is 10.9. The Balaban J connectivity index is 1.86. The molecule has 6 nitrogen and oxygen atoms in total. The topological polar surface area (TPSA) is 69.0 Å². The number of anilines is 1. The third-order valence-corrected chi connectivity index (χ3v) is 4.93. The molecule has 0 spiro atoms. The molecule has 146 valence electrons. The highest BCUT2D eigenvalue weighted by molar-refractivity contribution is 6.31. The number of hydrogen-bond acceptors (Lipinski definition) is 4. The van der Waals surface area contributed by atoms with Gasteiger partial charge in [0.2, 0.25) is 0 Å². The lowest BCUT2D eigenvalue weighted by Gasteiger charge is -2.12. The van der Waals surface area contributed by atoms with Crippen molar-refractivity contribution in [1.82, 2.24) is 14.8 Å². The summed E-state index contributed by atoms with van der Waals surface area (Å²) in [4.78, 5) is 18.0. The number of carbonyl (C=O) groups is 1. The van der Waals surface area contributed by atoms with Gasteiger partial charge >= 0.3 is 0 Å². The number of benzene rings is 2. The van der Waals surface area contributed by atoms with Gasteiger partial charge in [-0.15, -0.1) is 0 Å². The van der Waals surface area contributed by atoms with Crippen molar-refractivity contribution < 1.29 is 9.53 Å². The molecular formula is C22H19ClN4O2. The van der Waals surface area contributed by atoms with Gasteiger partial charge in [-0.2, -0.15) is 5.10 Å². The van der Waals surface area contributed by atoms with Gasteiger partial charge in [-0.05, 0) is 31.2 Å². The molecule has 0 saturated carbocycles. The fourth-order valence-corrected chi connectivity index (χ4v) is 3.52. The number of aryl methyl sites for hydroxylation is 2. The SMILES string of the molecule is COc1ccc(Cl)cc1NC(=O)c1cc(-c2ccccc2)nc2c1c(C)nn2C. The molecule has 2 aromatic heterocycles. The number of halogens is 1. The van der Waals surface area contributed by atoms with E-state index in [0.29, 0.717) is 38.8 Å². The predicted octanol–water partition coefficient (Wildman–Crippen LogP) is 4.86. The van der Waals surface area contributed by atoms with Crippen LogP contribution in [0.3, 0.4) is 0 Å². The van der Waals surface area contributed by atoms with Crippen molar-refractivity contribution in [3.8, 4) is 17.0 Å². The van der Waals surface area contributed by atoms with Crippen molar-refractivity contribution in [1.29, 1.82) is 0 Å². The van der Waals surface area contributed by atoms with E-state index in [1.165, 1.54) is 0 Å². The monoisotopic (exact) mass is 406 g/mol. The highest BCUT2D eigenvalue weighted by Crippen LogP contribution is 2.31. The molecule has 4 rings (SSSR count). The zero-order chi connectivity index (χ0) is 20.5. The van der Waals surface area contributed by atoms with E-state index in [1.54, 1.807) is 36.1 Å². The van der Waals surface area contributed by atoms with E-state index in [1.807, 2.05) is 44.3 Å². The van der Waals surface area contributed by atoms with Crippen LogP contribution in [0.25, 0.3) is 22.3 Å². The van der Waals surface area contributed by atoms with Crippen LogP contribution in [0, 0.1) is 6.92 Å². The molecule has 0 radical (unpaired) electrons. The van der Waals surface area contributed by atoms with Gasteiger partial charge in [-0.1, -0.05) is 41.9 Å². The zero-order valence-corrected chi connectivity index (χ0v) is 17.0. The maximum Gasteiger partial charge on any atom is 0.256 e. The Hall–Kier alpha value is -3.38. The average molecular weight is 407 g/mol. The second-order valence-electron chi connectivity index (χ2n) is 6.63. The van der Waals surface area contributed by atoms with Gasteiger partial charge in [-0.25, -0.2) is 4.98 Å². The summed E-state index contributed by atoms with van der Waals surface area (Å²) >= 11 is 6.10. The highest BCUT2D eigenvalue weighted by Gasteiger charge is 2.20. The molecule has 7 heteroatoms. The Bertz CT molecular complexity index is 1220. The van der Waals surface area contributed by atoms with Crippen LogP contribution in [0.15, 0.2) is 54.6 Å². The molecule has 0 aliphatic carbocycles. The molecule has 0 atom stereocenters. The molecule has 0 aliphatic rings. The Morgan fingerprint density at radius 3 is 2.62 bits per heavy atom. The number of amides is 1. The largest absolute Gasteiger partial charge is 0.495 e. The van der Waals surface area contributed by atoms with Crippen molar-refractivity contribution in [2.24, 2.45) is 7.05 Å². The van der Waals surface area contributed by atoms with Gasteiger partial charge in [0.15, 0.2) is 5.65 Å². The first-order valence-corrected chi connectivity index (χ1v) is 9.40. The van der Waals surface area contributed by atoms with Crippen molar-refractivity contribution in [3.05, 3.63) is 70.9 Å². The first-order valence-electron chi connectivity index (χ1n) is 9.02. The van der Waals surface area contributed by atoms with Gasteiger partial charge in [0.1, 0.15) is 5.75 Å². The minimum absolute atomic E-state index is 0.286. The molecule has 1 amide bonds. The maximum absolute atomic E-state index is 13.3. The summed E-state index contributed by atoms with van der Waals surface area (Å²) in [5.41, 5.74) is 3.98. The lowest BCUT2D eigenvalue weighted by molar-refractivity contribution is 0.102. The maximum atomic E-state index is 13.3. The molecule has 0 saturated heterocycles. The summed E-state index contributed by atoms with van der Waals surface area (Å²) in [7, 11) is 3.36. The van der Waals surface area contributed by atoms with E-state index in [9.17, 15) is 4.79 Å². The molecule has 0 bridgehead atoms. The van der Waals surface area contributed by atoms with Gasteiger partial charge in [0, 0.05) is 17.6 Å². The van der Waals surface area contributed by atoms with Crippen LogP contribution in [-0.2, 0) is 7.05 Å². The zero-order valence-electron chi connectivity index (χ0n) is 16.2. The van der Waals surface area contributed by atoms with Crippen LogP contribution >= 0.6 is 11.6 Å². The second kappa shape index (κ2) is 7.56.